The van der Waals surface area contributed by atoms with Crippen LogP contribution in [-0.2, 0) is 6.61 Å². The molecular formula is C21H23N3OS. The minimum Gasteiger partial charge on any atom is -0.486 e. The normalized spacial score (nSPS) is 15.1. The van der Waals surface area contributed by atoms with Crippen LogP contribution in [0, 0.1) is 0 Å². The van der Waals surface area contributed by atoms with Gasteiger partial charge in [0.1, 0.15) is 12.4 Å². The summed E-state index contributed by atoms with van der Waals surface area (Å²) in [7, 11) is 0. The predicted molar refractivity (Wildman–Crippen MR) is 105 cm³/mol. The summed E-state index contributed by atoms with van der Waals surface area (Å²) < 4.78 is 8.07. The summed E-state index contributed by atoms with van der Waals surface area (Å²) in [5.41, 5.74) is 1.09. The lowest BCUT2D eigenvalue weighted by Crippen LogP contribution is -2.11. The zero-order valence-electron chi connectivity index (χ0n) is 14.8. The van der Waals surface area contributed by atoms with Gasteiger partial charge in [-0.1, -0.05) is 67.4 Å². The van der Waals surface area contributed by atoms with Gasteiger partial charge in [-0.25, -0.2) is 0 Å². The molecule has 0 atom stereocenters. The van der Waals surface area contributed by atoms with E-state index in [1.54, 1.807) is 0 Å². The lowest BCUT2D eigenvalue weighted by Gasteiger charge is -2.20. The fourth-order valence-corrected chi connectivity index (χ4v) is 4.57. The molecule has 4 rings (SSSR count). The molecule has 0 spiro atoms. The molecule has 1 heterocycles. The Labute approximate surface area is 158 Å². The van der Waals surface area contributed by atoms with Crippen molar-refractivity contribution in [3.8, 4) is 11.4 Å². The number of benzene rings is 2. The topological polar surface area (TPSA) is 39.9 Å². The first kappa shape index (κ1) is 17.2. The van der Waals surface area contributed by atoms with Crippen molar-refractivity contribution in [2.24, 2.45) is 0 Å². The van der Waals surface area contributed by atoms with Gasteiger partial charge >= 0.3 is 0 Å². The molecule has 0 aliphatic heterocycles. The number of hydrogen-bond acceptors (Lipinski definition) is 4. The average molecular weight is 366 g/mol. The number of ether oxygens (including phenoxy) is 1. The van der Waals surface area contributed by atoms with Crippen LogP contribution in [0.5, 0.6) is 5.75 Å². The van der Waals surface area contributed by atoms with Gasteiger partial charge in [-0.2, -0.15) is 0 Å². The lowest BCUT2D eigenvalue weighted by atomic mass is 10.0. The van der Waals surface area contributed by atoms with Crippen molar-refractivity contribution in [3.63, 3.8) is 0 Å². The van der Waals surface area contributed by atoms with E-state index in [9.17, 15) is 0 Å². The number of thioether (sulfide) groups is 1. The fourth-order valence-electron chi connectivity index (χ4n) is 3.30. The van der Waals surface area contributed by atoms with Crippen LogP contribution in [0.1, 0.15) is 37.9 Å². The molecule has 5 heteroatoms. The van der Waals surface area contributed by atoms with Crippen molar-refractivity contribution in [2.45, 2.75) is 49.1 Å². The van der Waals surface area contributed by atoms with E-state index in [1.807, 2.05) is 60.3 Å². The first-order chi connectivity index (χ1) is 12.9. The van der Waals surface area contributed by atoms with E-state index in [-0.39, 0.29) is 0 Å². The average Bonchev–Trinajstić information content (AvgIpc) is 3.11. The Morgan fingerprint density at radius 1 is 0.885 bits per heavy atom. The fraction of sp³-hybridized carbons (Fsp3) is 0.333. The molecule has 1 aliphatic rings. The molecule has 134 valence electrons. The van der Waals surface area contributed by atoms with Gasteiger partial charge in [0.25, 0.3) is 0 Å². The molecule has 1 aliphatic carbocycles. The van der Waals surface area contributed by atoms with Crippen LogP contribution in [-0.4, -0.2) is 20.0 Å². The quantitative estimate of drug-likeness (QED) is 0.596. The molecule has 3 aromatic rings. The SMILES string of the molecule is c1ccc(OCc2nnc(SC3CCCCC3)n2-c2ccccc2)cc1. The minimum absolute atomic E-state index is 0.400. The highest BCUT2D eigenvalue weighted by Gasteiger charge is 2.21. The standard InChI is InChI=1S/C21H23N3OS/c1-4-10-17(11-5-1)24-20(16-25-18-12-6-2-7-13-18)22-23-21(24)26-19-14-8-3-9-15-19/h1-2,4-7,10-13,19H,3,8-9,14-16H2. The molecule has 0 bridgehead atoms. The summed E-state index contributed by atoms with van der Waals surface area (Å²) in [5, 5.41) is 10.5. The Hall–Kier alpha value is -2.27. The van der Waals surface area contributed by atoms with E-state index < -0.39 is 0 Å². The molecular weight excluding hydrogens is 342 g/mol. The largest absolute Gasteiger partial charge is 0.486 e. The van der Waals surface area contributed by atoms with E-state index in [0.717, 1.165) is 22.4 Å². The second-order valence-electron chi connectivity index (χ2n) is 6.55. The summed E-state index contributed by atoms with van der Waals surface area (Å²) in [6, 6.07) is 20.2. The van der Waals surface area contributed by atoms with Gasteiger partial charge in [0.05, 0.1) is 0 Å². The van der Waals surface area contributed by atoms with Gasteiger partial charge in [-0.05, 0) is 37.1 Å². The Kier molecular flexibility index (Phi) is 5.55. The molecule has 1 fully saturated rings. The van der Waals surface area contributed by atoms with Crippen LogP contribution in [0.25, 0.3) is 5.69 Å². The lowest BCUT2D eigenvalue weighted by molar-refractivity contribution is 0.293. The molecule has 26 heavy (non-hydrogen) atoms. The van der Waals surface area contributed by atoms with Crippen LogP contribution in [0.3, 0.4) is 0 Å². The zero-order chi connectivity index (χ0) is 17.6. The van der Waals surface area contributed by atoms with Crippen molar-refractivity contribution in [2.75, 3.05) is 0 Å². The summed E-state index contributed by atoms with van der Waals surface area (Å²) in [6.45, 7) is 0.400. The zero-order valence-corrected chi connectivity index (χ0v) is 15.6. The van der Waals surface area contributed by atoms with Gasteiger partial charge in [-0.3, -0.25) is 4.57 Å². The molecule has 0 unspecified atom stereocenters. The summed E-state index contributed by atoms with van der Waals surface area (Å²) in [5.74, 6) is 1.68. The van der Waals surface area contributed by atoms with Gasteiger partial charge in [0.2, 0.25) is 0 Å². The van der Waals surface area contributed by atoms with Crippen molar-refractivity contribution in [1.82, 2.24) is 14.8 Å². The van der Waals surface area contributed by atoms with Crippen LogP contribution in [0.15, 0.2) is 65.8 Å². The Morgan fingerprint density at radius 2 is 1.58 bits per heavy atom. The number of para-hydroxylation sites is 2. The highest BCUT2D eigenvalue weighted by Crippen LogP contribution is 2.34. The summed E-state index contributed by atoms with van der Waals surface area (Å²) in [4.78, 5) is 0. The number of aromatic nitrogens is 3. The molecule has 0 N–H and O–H groups in total. The third kappa shape index (κ3) is 4.10. The van der Waals surface area contributed by atoms with Gasteiger partial charge < -0.3 is 4.74 Å². The van der Waals surface area contributed by atoms with Crippen molar-refractivity contribution in [3.05, 3.63) is 66.5 Å². The van der Waals surface area contributed by atoms with Crippen LogP contribution in [0.4, 0.5) is 0 Å². The Bertz CT molecular complexity index is 814. The van der Waals surface area contributed by atoms with Gasteiger partial charge in [0, 0.05) is 10.9 Å². The third-order valence-electron chi connectivity index (χ3n) is 4.65. The maximum Gasteiger partial charge on any atom is 0.196 e. The van der Waals surface area contributed by atoms with Crippen molar-refractivity contribution >= 4 is 11.8 Å². The van der Waals surface area contributed by atoms with Crippen LogP contribution >= 0.6 is 11.8 Å². The molecule has 1 aromatic heterocycles. The molecule has 4 nitrogen and oxygen atoms in total. The Balaban J connectivity index is 1.58. The second-order valence-corrected chi connectivity index (χ2v) is 7.82. The summed E-state index contributed by atoms with van der Waals surface area (Å²) >= 11 is 1.86. The molecule has 2 aromatic carbocycles. The molecule has 0 saturated heterocycles. The predicted octanol–water partition coefficient (Wildman–Crippen LogP) is 5.27. The number of rotatable bonds is 6. The van der Waals surface area contributed by atoms with Gasteiger partial charge in [0.15, 0.2) is 11.0 Å². The van der Waals surface area contributed by atoms with Crippen molar-refractivity contribution in [1.29, 1.82) is 0 Å². The smallest absolute Gasteiger partial charge is 0.196 e. The number of nitrogens with zero attached hydrogens (tertiary/aromatic N) is 3. The second kappa shape index (κ2) is 8.41. The van der Waals surface area contributed by atoms with E-state index in [1.165, 1.54) is 32.1 Å². The highest BCUT2D eigenvalue weighted by atomic mass is 32.2. The molecule has 1 saturated carbocycles. The maximum atomic E-state index is 5.92. The van der Waals surface area contributed by atoms with E-state index in [4.69, 9.17) is 4.74 Å². The van der Waals surface area contributed by atoms with Crippen LogP contribution < -0.4 is 4.74 Å². The monoisotopic (exact) mass is 365 g/mol. The first-order valence-electron chi connectivity index (χ1n) is 9.24. The Morgan fingerprint density at radius 3 is 2.31 bits per heavy atom. The van der Waals surface area contributed by atoms with E-state index in [2.05, 4.69) is 26.9 Å². The first-order valence-corrected chi connectivity index (χ1v) is 10.1. The van der Waals surface area contributed by atoms with Crippen LogP contribution in [0.2, 0.25) is 0 Å². The number of hydrogen-bond donors (Lipinski definition) is 0. The molecule has 0 amide bonds. The molecule has 0 radical (unpaired) electrons. The summed E-state index contributed by atoms with van der Waals surface area (Å²) in [6.07, 6.45) is 6.53. The highest BCUT2D eigenvalue weighted by molar-refractivity contribution is 7.99. The maximum absolute atomic E-state index is 5.92. The minimum atomic E-state index is 0.400. The van der Waals surface area contributed by atoms with Gasteiger partial charge in [-0.15, -0.1) is 10.2 Å². The third-order valence-corrected chi connectivity index (χ3v) is 5.93. The van der Waals surface area contributed by atoms with Crippen molar-refractivity contribution < 1.29 is 4.74 Å². The van der Waals surface area contributed by atoms with E-state index >= 15 is 0 Å². The van der Waals surface area contributed by atoms with E-state index in [0.29, 0.717) is 11.9 Å².